The molecule has 2 rings (SSSR count). The SMILES string of the molecule is CC(C)OC(=O)[C@H]1C(=O)C[C@](C)(O)[C@@H](C(=O)OC(C)C)[C@@H]1c1ccc([N+](=O)[O-])cc1. The molecule has 0 bridgehead atoms. The Morgan fingerprint density at radius 1 is 1.10 bits per heavy atom. The second kappa shape index (κ2) is 8.91. The van der Waals surface area contributed by atoms with Crippen molar-refractivity contribution in [3.05, 3.63) is 39.9 Å². The summed E-state index contributed by atoms with van der Waals surface area (Å²) in [6.07, 6.45) is -1.40. The van der Waals surface area contributed by atoms with Crippen molar-refractivity contribution in [2.75, 3.05) is 0 Å². The van der Waals surface area contributed by atoms with Crippen molar-refractivity contribution >= 4 is 23.4 Å². The van der Waals surface area contributed by atoms with E-state index in [2.05, 4.69) is 0 Å². The zero-order chi connectivity index (χ0) is 22.8. The van der Waals surface area contributed by atoms with E-state index < -0.39 is 64.6 Å². The smallest absolute Gasteiger partial charge is 0.317 e. The number of ether oxygens (including phenoxy) is 2. The van der Waals surface area contributed by atoms with Crippen LogP contribution >= 0.6 is 0 Å². The van der Waals surface area contributed by atoms with Gasteiger partial charge in [0.1, 0.15) is 5.92 Å². The minimum absolute atomic E-state index is 0.185. The fraction of sp³-hybridized carbons (Fsp3) is 0.571. The number of ketones is 1. The van der Waals surface area contributed by atoms with Crippen molar-refractivity contribution in [3.63, 3.8) is 0 Å². The number of nitro benzene ring substituents is 1. The number of esters is 2. The maximum atomic E-state index is 12.9. The highest BCUT2D eigenvalue weighted by Crippen LogP contribution is 2.47. The van der Waals surface area contributed by atoms with E-state index in [1.165, 1.54) is 31.2 Å². The second-order valence-corrected chi connectivity index (χ2v) is 8.30. The van der Waals surface area contributed by atoms with Crippen molar-refractivity contribution in [3.8, 4) is 0 Å². The van der Waals surface area contributed by atoms with E-state index in [-0.39, 0.29) is 5.69 Å². The van der Waals surface area contributed by atoms with Crippen molar-refractivity contribution in [1.82, 2.24) is 0 Å². The number of nitrogens with zero attached hydrogens (tertiary/aromatic N) is 1. The molecule has 1 aliphatic rings. The average Bonchev–Trinajstić information content (AvgIpc) is 2.58. The minimum Gasteiger partial charge on any atom is -0.463 e. The molecule has 9 nitrogen and oxygen atoms in total. The van der Waals surface area contributed by atoms with Gasteiger partial charge in [0.25, 0.3) is 5.69 Å². The van der Waals surface area contributed by atoms with Crippen LogP contribution in [-0.2, 0) is 23.9 Å². The molecule has 9 heteroatoms. The lowest BCUT2D eigenvalue weighted by atomic mass is 9.61. The summed E-state index contributed by atoms with van der Waals surface area (Å²) in [5.41, 5.74) is -1.63. The number of carbonyl (C=O) groups is 3. The van der Waals surface area contributed by atoms with Crippen LogP contribution in [0.25, 0.3) is 0 Å². The van der Waals surface area contributed by atoms with Crippen molar-refractivity contribution in [1.29, 1.82) is 0 Å². The minimum atomic E-state index is -1.77. The van der Waals surface area contributed by atoms with Crippen LogP contribution < -0.4 is 0 Å². The Labute approximate surface area is 174 Å². The number of rotatable bonds is 6. The lowest BCUT2D eigenvalue weighted by molar-refractivity contribution is -0.384. The molecule has 1 aromatic rings. The van der Waals surface area contributed by atoms with Crippen molar-refractivity contribution in [2.24, 2.45) is 11.8 Å². The Hall–Kier alpha value is -2.81. The standard InChI is InChI=1S/C21H27NO8/c1-11(2)29-19(24)17-15(23)10-21(5,26)18(20(25)30-12(3)4)16(17)13-6-8-14(9-7-13)22(27)28/h6-9,11-12,16-18,26H,10H2,1-5H3/t16-,17+,18-,21+/m1/s1. The van der Waals surface area contributed by atoms with Crippen LogP contribution in [0, 0.1) is 22.0 Å². The van der Waals surface area contributed by atoms with Gasteiger partial charge in [-0.15, -0.1) is 0 Å². The highest BCUT2D eigenvalue weighted by atomic mass is 16.6. The first-order chi connectivity index (χ1) is 13.8. The molecule has 1 aliphatic carbocycles. The number of benzene rings is 1. The number of Topliss-reactive ketones (excluding diaryl/α,β-unsaturated/α-hetero) is 1. The highest BCUT2D eigenvalue weighted by molar-refractivity contribution is 6.02. The first kappa shape index (κ1) is 23.5. The molecular weight excluding hydrogens is 394 g/mol. The van der Waals surface area contributed by atoms with E-state index in [4.69, 9.17) is 9.47 Å². The van der Waals surface area contributed by atoms with E-state index in [0.717, 1.165) is 0 Å². The predicted octanol–water partition coefficient (Wildman–Crippen LogP) is 2.54. The molecule has 1 aromatic carbocycles. The number of non-ortho nitro benzene ring substituents is 1. The van der Waals surface area contributed by atoms with E-state index in [0.29, 0.717) is 5.56 Å². The van der Waals surface area contributed by atoms with Gasteiger partial charge >= 0.3 is 11.9 Å². The molecule has 0 saturated heterocycles. The van der Waals surface area contributed by atoms with E-state index in [9.17, 15) is 29.6 Å². The summed E-state index contributed by atoms with van der Waals surface area (Å²) in [7, 11) is 0. The van der Waals surface area contributed by atoms with Crippen LogP contribution in [-0.4, -0.2) is 45.6 Å². The third-order valence-electron chi connectivity index (χ3n) is 4.97. The van der Waals surface area contributed by atoms with Gasteiger partial charge in [-0.3, -0.25) is 24.5 Å². The number of nitro groups is 1. The lowest BCUT2D eigenvalue weighted by Gasteiger charge is -2.44. The monoisotopic (exact) mass is 421 g/mol. The molecule has 164 valence electrons. The van der Waals surface area contributed by atoms with Crippen LogP contribution in [0.15, 0.2) is 24.3 Å². The normalized spacial score (nSPS) is 26.5. The molecular formula is C21H27NO8. The number of hydrogen-bond donors (Lipinski definition) is 1. The molecule has 0 heterocycles. The summed E-state index contributed by atoms with van der Waals surface area (Å²) >= 11 is 0. The van der Waals surface area contributed by atoms with Crippen LogP contribution in [0.5, 0.6) is 0 Å². The van der Waals surface area contributed by atoms with Gasteiger partial charge in [0.2, 0.25) is 0 Å². The zero-order valence-electron chi connectivity index (χ0n) is 17.7. The van der Waals surface area contributed by atoms with Crippen LogP contribution in [0.2, 0.25) is 0 Å². The Morgan fingerprint density at radius 2 is 1.60 bits per heavy atom. The summed E-state index contributed by atoms with van der Waals surface area (Å²) in [5.74, 6) is -5.82. The first-order valence-electron chi connectivity index (χ1n) is 9.75. The largest absolute Gasteiger partial charge is 0.463 e. The average molecular weight is 421 g/mol. The third-order valence-corrected chi connectivity index (χ3v) is 4.97. The van der Waals surface area contributed by atoms with Gasteiger partial charge < -0.3 is 14.6 Å². The molecule has 0 aliphatic heterocycles. The van der Waals surface area contributed by atoms with Crippen LogP contribution in [0.3, 0.4) is 0 Å². The Morgan fingerprint density at radius 3 is 2.07 bits per heavy atom. The van der Waals surface area contributed by atoms with Crippen LogP contribution in [0.1, 0.15) is 52.5 Å². The van der Waals surface area contributed by atoms with Gasteiger partial charge in [0.15, 0.2) is 5.78 Å². The van der Waals surface area contributed by atoms with Crippen molar-refractivity contribution in [2.45, 2.75) is 64.8 Å². The van der Waals surface area contributed by atoms with E-state index in [1.54, 1.807) is 27.7 Å². The summed E-state index contributed by atoms with van der Waals surface area (Å²) < 4.78 is 10.6. The molecule has 1 fully saturated rings. The molecule has 30 heavy (non-hydrogen) atoms. The zero-order valence-corrected chi connectivity index (χ0v) is 17.7. The maximum absolute atomic E-state index is 12.9. The Balaban J connectivity index is 2.62. The number of hydrogen-bond acceptors (Lipinski definition) is 8. The molecule has 0 aromatic heterocycles. The maximum Gasteiger partial charge on any atom is 0.317 e. The fourth-order valence-corrected chi connectivity index (χ4v) is 3.85. The number of carbonyl (C=O) groups excluding carboxylic acids is 3. The Bertz CT molecular complexity index is 820. The molecule has 1 N–H and O–H groups in total. The van der Waals surface area contributed by atoms with Crippen LogP contribution in [0.4, 0.5) is 5.69 Å². The van der Waals surface area contributed by atoms with Gasteiger partial charge in [-0.1, -0.05) is 12.1 Å². The van der Waals surface area contributed by atoms with Gasteiger partial charge in [0, 0.05) is 24.5 Å². The highest BCUT2D eigenvalue weighted by Gasteiger charge is 2.57. The Kier molecular flexibility index (Phi) is 6.97. The molecule has 0 unspecified atom stereocenters. The summed E-state index contributed by atoms with van der Waals surface area (Å²) in [5, 5.41) is 22.0. The predicted molar refractivity (Wildman–Crippen MR) is 106 cm³/mol. The summed E-state index contributed by atoms with van der Waals surface area (Å²) in [6.45, 7) is 7.90. The fourth-order valence-electron chi connectivity index (χ4n) is 3.85. The number of aliphatic hydroxyl groups is 1. The summed E-state index contributed by atoms with van der Waals surface area (Å²) in [6, 6.07) is 5.20. The molecule has 1 saturated carbocycles. The van der Waals surface area contributed by atoms with Gasteiger partial charge in [-0.05, 0) is 40.2 Å². The lowest BCUT2D eigenvalue weighted by Crippen LogP contribution is -2.55. The molecule has 0 radical (unpaired) electrons. The van der Waals surface area contributed by atoms with Crippen molar-refractivity contribution < 1.29 is 33.9 Å². The molecule has 0 amide bonds. The van der Waals surface area contributed by atoms with Gasteiger partial charge in [-0.25, -0.2) is 0 Å². The van der Waals surface area contributed by atoms with E-state index >= 15 is 0 Å². The molecule has 0 spiro atoms. The quantitative estimate of drug-likeness (QED) is 0.321. The third kappa shape index (κ3) is 5.02. The van der Waals surface area contributed by atoms with E-state index in [1.807, 2.05) is 0 Å². The van der Waals surface area contributed by atoms with Gasteiger partial charge in [0.05, 0.1) is 28.7 Å². The summed E-state index contributed by atoms with van der Waals surface area (Å²) in [4.78, 5) is 49.0. The topological polar surface area (TPSA) is 133 Å². The second-order valence-electron chi connectivity index (χ2n) is 8.30. The van der Waals surface area contributed by atoms with Gasteiger partial charge in [-0.2, -0.15) is 0 Å². The molecule has 4 atom stereocenters. The first-order valence-corrected chi connectivity index (χ1v) is 9.75.